The van der Waals surface area contributed by atoms with Crippen LogP contribution < -0.4 is 10.6 Å². The Morgan fingerprint density at radius 1 is 1.33 bits per heavy atom. The van der Waals surface area contributed by atoms with Gasteiger partial charge in [-0.25, -0.2) is 4.68 Å². The molecule has 2 fully saturated rings. The summed E-state index contributed by atoms with van der Waals surface area (Å²) in [7, 11) is 0. The van der Waals surface area contributed by atoms with Crippen molar-refractivity contribution in [1.29, 1.82) is 0 Å². The summed E-state index contributed by atoms with van der Waals surface area (Å²) in [5.74, 6) is -0.146. The van der Waals surface area contributed by atoms with Gasteiger partial charge in [0.25, 0.3) is 5.91 Å². The van der Waals surface area contributed by atoms with Crippen LogP contribution in [-0.4, -0.2) is 34.0 Å². The van der Waals surface area contributed by atoms with Gasteiger partial charge in [0.1, 0.15) is 0 Å². The number of carbonyl (C=O) groups is 1. The number of carbonyl (C=O) groups excluding carboxylic acids is 1. The molecule has 7 heteroatoms. The molecule has 2 heterocycles. The van der Waals surface area contributed by atoms with E-state index in [2.05, 4.69) is 49.0 Å². The van der Waals surface area contributed by atoms with Gasteiger partial charge in [0.05, 0.1) is 17.8 Å². The molecule has 1 saturated heterocycles. The third kappa shape index (κ3) is 3.10. The van der Waals surface area contributed by atoms with E-state index in [1.807, 2.05) is 16.8 Å². The first kappa shape index (κ1) is 15.8. The lowest BCUT2D eigenvalue weighted by atomic mass is 10.0. The number of nitrogens with one attached hydrogen (secondary N) is 2. The number of amides is 1. The molecular formula is C17H20BrN5O. The van der Waals surface area contributed by atoms with Gasteiger partial charge < -0.3 is 10.6 Å². The van der Waals surface area contributed by atoms with Gasteiger partial charge in [0, 0.05) is 4.47 Å². The van der Waals surface area contributed by atoms with Crippen LogP contribution in [-0.2, 0) is 5.54 Å². The van der Waals surface area contributed by atoms with Crippen molar-refractivity contribution < 1.29 is 4.79 Å². The highest BCUT2D eigenvalue weighted by Gasteiger charge is 2.46. The minimum Gasteiger partial charge on any atom is -0.341 e. The van der Waals surface area contributed by atoms with Crippen LogP contribution in [0.2, 0.25) is 0 Å². The van der Waals surface area contributed by atoms with E-state index < -0.39 is 0 Å². The van der Waals surface area contributed by atoms with Crippen LogP contribution in [0, 0.1) is 0 Å². The summed E-state index contributed by atoms with van der Waals surface area (Å²) in [4.78, 5) is 12.6. The molecule has 1 aliphatic carbocycles. The molecule has 24 heavy (non-hydrogen) atoms. The average molecular weight is 390 g/mol. The van der Waals surface area contributed by atoms with E-state index in [1.54, 1.807) is 6.20 Å². The second-order valence-electron chi connectivity index (χ2n) is 6.61. The summed E-state index contributed by atoms with van der Waals surface area (Å²) >= 11 is 3.50. The molecule has 1 aliphatic heterocycles. The van der Waals surface area contributed by atoms with Gasteiger partial charge in [-0.2, -0.15) is 0 Å². The van der Waals surface area contributed by atoms with Gasteiger partial charge in [0.15, 0.2) is 5.69 Å². The van der Waals surface area contributed by atoms with E-state index in [0.29, 0.717) is 11.7 Å². The Balaban J connectivity index is 1.47. The lowest BCUT2D eigenvalue weighted by Crippen LogP contribution is -2.35. The summed E-state index contributed by atoms with van der Waals surface area (Å²) < 4.78 is 2.87. The Kier molecular flexibility index (Phi) is 4.14. The minimum absolute atomic E-state index is 0.146. The van der Waals surface area contributed by atoms with Crippen molar-refractivity contribution in [3.8, 4) is 0 Å². The molecule has 0 unspecified atom stereocenters. The Morgan fingerprint density at radius 2 is 2.12 bits per heavy atom. The van der Waals surface area contributed by atoms with Crippen LogP contribution >= 0.6 is 15.9 Å². The van der Waals surface area contributed by atoms with Crippen molar-refractivity contribution in [2.24, 2.45) is 0 Å². The number of benzene rings is 1. The number of hydrogen-bond acceptors (Lipinski definition) is 4. The smallest absolute Gasteiger partial charge is 0.274 e. The van der Waals surface area contributed by atoms with E-state index in [4.69, 9.17) is 0 Å². The van der Waals surface area contributed by atoms with Gasteiger partial charge in [-0.1, -0.05) is 33.3 Å². The highest BCUT2D eigenvalue weighted by molar-refractivity contribution is 9.10. The summed E-state index contributed by atoms with van der Waals surface area (Å²) in [5.41, 5.74) is 1.28. The van der Waals surface area contributed by atoms with Crippen LogP contribution in [0.25, 0.3) is 0 Å². The molecule has 6 nitrogen and oxygen atoms in total. The second-order valence-corrected chi connectivity index (χ2v) is 7.53. The Labute approximate surface area is 149 Å². The van der Waals surface area contributed by atoms with Crippen LogP contribution in [0.5, 0.6) is 0 Å². The molecule has 0 bridgehead atoms. The summed E-state index contributed by atoms with van der Waals surface area (Å²) in [5, 5.41) is 14.7. The predicted molar refractivity (Wildman–Crippen MR) is 93.7 cm³/mol. The zero-order chi connectivity index (χ0) is 16.6. The van der Waals surface area contributed by atoms with Crippen molar-refractivity contribution >= 4 is 21.8 Å². The van der Waals surface area contributed by atoms with Crippen LogP contribution in [0.1, 0.15) is 47.8 Å². The third-order valence-corrected chi connectivity index (χ3v) is 5.40. The largest absolute Gasteiger partial charge is 0.341 e. The van der Waals surface area contributed by atoms with Crippen LogP contribution in [0.15, 0.2) is 34.9 Å². The lowest BCUT2D eigenvalue weighted by Gasteiger charge is -2.22. The average Bonchev–Trinajstić information content (AvgIpc) is 3.21. The lowest BCUT2D eigenvalue weighted by molar-refractivity contribution is 0.0925. The maximum absolute atomic E-state index is 12.6. The highest BCUT2D eigenvalue weighted by Crippen LogP contribution is 2.46. The molecule has 0 spiro atoms. The van der Waals surface area contributed by atoms with E-state index >= 15 is 0 Å². The molecule has 0 radical (unpaired) electrons. The van der Waals surface area contributed by atoms with Gasteiger partial charge in [-0.15, -0.1) is 5.10 Å². The molecule has 1 saturated carbocycles. The molecule has 126 valence electrons. The predicted octanol–water partition coefficient (Wildman–Crippen LogP) is 2.38. The van der Waals surface area contributed by atoms with E-state index in [0.717, 1.165) is 48.8 Å². The number of aromatic nitrogens is 3. The van der Waals surface area contributed by atoms with Crippen molar-refractivity contribution in [3.63, 3.8) is 0 Å². The minimum atomic E-state index is -0.251. The highest BCUT2D eigenvalue weighted by atomic mass is 79.9. The normalized spacial score (nSPS) is 19.9. The fraction of sp³-hybridized carbons (Fsp3) is 0.471. The molecule has 1 amide bonds. The third-order valence-electron chi connectivity index (χ3n) is 4.91. The maximum Gasteiger partial charge on any atom is 0.274 e. The maximum atomic E-state index is 12.6. The van der Waals surface area contributed by atoms with Crippen molar-refractivity contribution in [1.82, 2.24) is 25.6 Å². The molecular weight excluding hydrogens is 370 g/mol. The Bertz CT molecular complexity index is 749. The van der Waals surface area contributed by atoms with Crippen molar-refractivity contribution in [2.45, 2.75) is 37.3 Å². The fourth-order valence-corrected chi connectivity index (χ4v) is 3.71. The molecule has 2 aliphatic rings. The van der Waals surface area contributed by atoms with E-state index in [9.17, 15) is 4.79 Å². The number of hydrogen-bond donors (Lipinski definition) is 2. The molecule has 1 aromatic carbocycles. The summed E-state index contributed by atoms with van der Waals surface area (Å²) in [6, 6.07) is 8.45. The SMILES string of the molecule is O=C(NC1(c2cccc(Br)c2)CC1)c1cn(C2CCNCC2)nn1. The molecule has 4 rings (SSSR count). The zero-order valence-electron chi connectivity index (χ0n) is 13.3. The fourth-order valence-electron chi connectivity index (χ4n) is 3.31. The number of piperidine rings is 1. The monoisotopic (exact) mass is 389 g/mol. The van der Waals surface area contributed by atoms with Gasteiger partial charge >= 0.3 is 0 Å². The van der Waals surface area contributed by atoms with E-state index in [-0.39, 0.29) is 11.4 Å². The first-order valence-electron chi connectivity index (χ1n) is 8.37. The van der Waals surface area contributed by atoms with E-state index in [1.165, 1.54) is 0 Å². The number of halogens is 1. The van der Waals surface area contributed by atoms with Crippen molar-refractivity contribution in [3.05, 3.63) is 46.2 Å². The Morgan fingerprint density at radius 3 is 2.83 bits per heavy atom. The zero-order valence-corrected chi connectivity index (χ0v) is 14.9. The second kappa shape index (κ2) is 6.29. The van der Waals surface area contributed by atoms with Crippen LogP contribution in [0.3, 0.4) is 0 Å². The topological polar surface area (TPSA) is 71.8 Å². The number of rotatable bonds is 4. The quantitative estimate of drug-likeness (QED) is 0.841. The van der Waals surface area contributed by atoms with Gasteiger partial charge in [-0.3, -0.25) is 4.79 Å². The summed E-state index contributed by atoms with van der Waals surface area (Å²) in [6.45, 7) is 1.97. The molecule has 1 aromatic heterocycles. The summed E-state index contributed by atoms with van der Waals surface area (Å²) in [6.07, 6.45) is 5.73. The first-order valence-corrected chi connectivity index (χ1v) is 9.17. The Hall–Kier alpha value is -1.73. The standard InChI is InChI=1S/C17H20BrN5O/c18-13-3-1-2-12(10-13)17(6-7-17)20-16(24)15-11-23(22-21-15)14-4-8-19-9-5-14/h1-3,10-11,14,19H,4-9H2,(H,20,24). The van der Waals surface area contributed by atoms with Crippen LogP contribution in [0.4, 0.5) is 0 Å². The molecule has 0 atom stereocenters. The molecule has 2 N–H and O–H groups in total. The molecule has 2 aromatic rings. The van der Waals surface area contributed by atoms with Gasteiger partial charge in [-0.05, 0) is 56.5 Å². The van der Waals surface area contributed by atoms with Crippen molar-refractivity contribution in [2.75, 3.05) is 13.1 Å². The number of nitrogens with zero attached hydrogens (tertiary/aromatic N) is 3. The van der Waals surface area contributed by atoms with Gasteiger partial charge in [0.2, 0.25) is 0 Å². The first-order chi connectivity index (χ1) is 11.7.